The zero-order valence-electron chi connectivity index (χ0n) is 20.6. The van der Waals surface area contributed by atoms with E-state index in [1.54, 1.807) is 42.5 Å². The molecule has 2 atom stereocenters. The Labute approximate surface area is 215 Å². The smallest absolute Gasteiger partial charge is 0.475 e. The number of para-hydroxylation sites is 1. The zero-order chi connectivity index (χ0) is 27.7. The molecule has 2 aromatic carbocycles. The highest BCUT2D eigenvalue weighted by atomic mass is 19.4. The van der Waals surface area contributed by atoms with E-state index in [1.807, 2.05) is 13.8 Å². The van der Waals surface area contributed by atoms with Crippen molar-refractivity contribution in [2.24, 2.45) is 0 Å². The summed E-state index contributed by atoms with van der Waals surface area (Å²) in [4.78, 5) is 5.68. The summed E-state index contributed by atoms with van der Waals surface area (Å²) in [6.07, 6.45) is -10.8. The molecule has 1 unspecified atom stereocenters. The Balaban J connectivity index is 1.83. The van der Waals surface area contributed by atoms with E-state index in [4.69, 9.17) is 4.74 Å². The average Bonchev–Trinajstić information content (AvgIpc) is 3.11. The van der Waals surface area contributed by atoms with Crippen molar-refractivity contribution >= 4 is 5.69 Å². The van der Waals surface area contributed by atoms with Crippen LogP contribution in [0.5, 0.6) is 11.6 Å². The summed E-state index contributed by atoms with van der Waals surface area (Å²) in [5.41, 5.74) is 1.28. The number of aromatic nitrogens is 1. The fourth-order valence-corrected chi connectivity index (χ4v) is 4.84. The maximum Gasteiger partial charge on any atom is 0.573 e. The fraction of sp³-hybridized carbons (Fsp3) is 0.370. The minimum Gasteiger partial charge on any atom is -0.475 e. The standard InChI is InChI=1S/C27H26F6N2O3/c1-17(2)37-24-13-19(10-11-34-24)25(14-18-6-5-7-20(12-18)38-27(31,32)33)16-35(15-23(36)26(28,29)30)22-9-4-3-8-21(22)25/h3-13,17,23,36H,14-16H2,1-2H3/t23-,25?/m1/s1. The van der Waals surface area contributed by atoms with E-state index >= 15 is 0 Å². The van der Waals surface area contributed by atoms with Crippen LogP contribution >= 0.6 is 0 Å². The molecule has 0 fully saturated rings. The van der Waals surface area contributed by atoms with Gasteiger partial charge in [0.1, 0.15) is 5.75 Å². The maximum absolute atomic E-state index is 13.3. The third-order valence-electron chi connectivity index (χ3n) is 6.27. The first-order chi connectivity index (χ1) is 17.8. The number of β-amino-alcohol motifs (C(OH)–C–C–N with tert-alkyl or cyclic N) is 1. The average molecular weight is 541 g/mol. The van der Waals surface area contributed by atoms with Crippen LogP contribution < -0.4 is 14.4 Å². The van der Waals surface area contributed by atoms with Gasteiger partial charge in [0.2, 0.25) is 5.88 Å². The lowest BCUT2D eigenvalue weighted by Gasteiger charge is -2.33. The van der Waals surface area contributed by atoms with Crippen LogP contribution in [-0.2, 0) is 11.8 Å². The predicted molar refractivity (Wildman–Crippen MR) is 128 cm³/mol. The second kappa shape index (κ2) is 10.4. The van der Waals surface area contributed by atoms with Gasteiger partial charge in [0.15, 0.2) is 6.10 Å². The molecule has 0 bridgehead atoms. The first kappa shape index (κ1) is 27.6. The van der Waals surface area contributed by atoms with E-state index in [-0.39, 0.29) is 19.1 Å². The minimum atomic E-state index is -4.88. The minimum absolute atomic E-state index is 0.0228. The molecule has 1 N–H and O–H groups in total. The lowest BCUT2D eigenvalue weighted by atomic mass is 9.72. The molecule has 11 heteroatoms. The number of anilines is 1. The molecule has 0 aliphatic carbocycles. The summed E-state index contributed by atoms with van der Waals surface area (Å²) in [5.74, 6) is -0.100. The van der Waals surface area contributed by atoms with Crippen LogP contribution in [0.1, 0.15) is 30.5 Å². The number of halogens is 6. The monoisotopic (exact) mass is 540 g/mol. The van der Waals surface area contributed by atoms with Gasteiger partial charge in [0.05, 0.1) is 12.6 Å². The van der Waals surface area contributed by atoms with Gasteiger partial charge in [-0.25, -0.2) is 4.98 Å². The van der Waals surface area contributed by atoms with E-state index < -0.39 is 36.4 Å². The van der Waals surface area contributed by atoms with Crippen LogP contribution in [0.25, 0.3) is 0 Å². The third kappa shape index (κ3) is 6.15. The Morgan fingerprint density at radius 1 is 1.00 bits per heavy atom. The number of aliphatic hydroxyl groups excluding tert-OH is 1. The molecule has 0 spiro atoms. The lowest BCUT2D eigenvalue weighted by molar-refractivity contribution is -0.274. The molecule has 38 heavy (non-hydrogen) atoms. The van der Waals surface area contributed by atoms with Crippen molar-refractivity contribution in [2.75, 3.05) is 18.0 Å². The first-order valence-electron chi connectivity index (χ1n) is 11.8. The Bertz CT molecular complexity index is 1260. The molecule has 0 saturated carbocycles. The largest absolute Gasteiger partial charge is 0.573 e. The molecule has 1 aromatic heterocycles. The summed E-state index contributed by atoms with van der Waals surface area (Å²) < 4.78 is 88.3. The number of benzene rings is 2. The number of fused-ring (bicyclic) bond motifs is 1. The summed E-state index contributed by atoms with van der Waals surface area (Å²) in [5, 5.41) is 9.87. The molecule has 204 valence electrons. The van der Waals surface area contributed by atoms with Crippen LogP contribution in [0.3, 0.4) is 0 Å². The fourth-order valence-electron chi connectivity index (χ4n) is 4.84. The second-order valence-electron chi connectivity index (χ2n) is 9.46. The second-order valence-corrected chi connectivity index (χ2v) is 9.46. The lowest BCUT2D eigenvalue weighted by Crippen LogP contribution is -2.44. The molecular weight excluding hydrogens is 514 g/mol. The molecule has 1 aliphatic rings. The number of nitrogens with zero attached hydrogens (tertiary/aromatic N) is 2. The quantitative estimate of drug-likeness (QED) is 0.353. The van der Waals surface area contributed by atoms with Crippen LogP contribution in [0.4, 0.5) is 32.0 Å². The number of rotatable bonds is 8. The van der Waals surface area contributed by atoms with Crippen molar-refractivity contribution in [1.29, 1.82) is 0 Å². The van der Waals surface area contributed by atoms with E-state index in [0.717, 1.165) is 0 Å². The number of alkyl halides is 6. The van der Waals surface area contributed by atoms with Crippen molar-refractivity contribution in [2.45, 2.75) is 50.4 Å². The molecule has 4 rings (SSSR count). The van der Waals surface area contributed by atoms with Gasteiger partial charge in [-0.2, -0.15) is 13.2 Å². The van der Waals surface area contributed by atoms with Gasteiger partial charge in [-0.3, -0.25) is 0 Å². The molecule has 0 radical (unpaired) electrons. The van der Waals surface area contributed by atoms with Crippen molar-refractivity contribution < 1.29 is 40.9 Å². The highest BCUT2D eigenvalue weighted by Gasteiger charge is 2.47. The summed E-state index contributed by atoms with van der Waals surface area (Å²) >= 11 is 0. The van der Waals surface area contributed by atoms with Crippen molar-refractivity contribution in [3.05, 3.63) is 83.6 Å². The molecule has 2 heterocycles. The number of hydrogen-bond donors (Lipinski definition) is 1. The Kier molecular flexibility index (Phi) is 7.51. The number of hydrogen-bond acceptors (Lipinski definition) is 5. The van der Waals surface area contributed by atoms with Crippen LogP contribution in [-0.4, -0.2) is 47.9 Å². The van der Waals surface area contributed by atoms with Crippen LogP contribution in [0.15, 0.2) is 66.9 Å². The van der Waals surface area contributed by atoms with Gasteiger partial charge < -0.3 is 19.5 Å². The Morgan fingerprint density at radius 3 is 2.42 bits per heavy atom. The highest BCUT2D eigenvalue weighted by molar-refractivity contribution is 5.67. The van der Waals surface area contributed by atoms with Crippen molar-refractivity contribution in [1.82, 2.24) is 4.98 Å². The summed E-state index contributed by atoms with van der Waals surface area (Å²) in [6.45, 7) is 2.96. The summed E-state index contributed by atoms with van der Waals surface area (Å²) in [7, 11) is 0. The van der Waals surface area contributed by atoms with Crippen LogP contribution in [0, 0.1) is 0 Å². The number of pyridine rings is 1. The van der Waals surface area contributed by atoms with Gasteiger partial charge in [-0.15, -0.1) is 13.2 Å². The van der Waals surface area contributed by atoms with E-state index in [0.29, 0.717) is 28.3 Å². The normalized spacial score (nSPS) is 18.4. The number of ether oxygens (including phenoxy) is 2. The van der Waals surface area contributed by atoms with Crippen molar-refractivity contribution in [3.8, 4) is 11.6 Å². The van der Waals surface area contributed by atoms with Crippen molar-refractivity contribution in [3.63, 3.8) is 0 Å². The van der Waals surface area contributed by atoms with E-state index in [1.165, 1.54) is 29.3 Å². The van der Waals surface area contributed by atoms with Gasteiger partial charge >= 0.3 is 12.5 Å². The molecule has 5 nitrogen and oxygen atoms in total. The molecule has 0 saturated heterocycles. The SMILES string of the molecule is CC(C)Oc1cc(C2(Cc3cccc(OC(F)(F)F)c3)CN(C[C@@H](O)C(F)(F)F)c3ccccc32)ccn1. The van der Waals surface area contributed by atoms with Gasteiger partial charge in [-0.05, 0) is 61.2 Å². The zero-order valence-corrected chi connectivity index (χ0v) is 20.6. The first-order valence-corrected chi connectivity index (χ1v) is 11.8. The molecule has 1 aliphatic heterocycles. The third-order valence-corrected chi connectivity index (χ3v) is 6.27. The summed E-state index contributed by atoms with van der Waals surface area (Å²) in [6, 6.07) is 15.8. The maximum atomic E-state index is 13.3. The molecule has 3 aromatic rings. The van der Waals surface area contributed by atoms with Crippen LogP contribution in [0.2, 0.25) is 0 Å². The van der Waals surface area contributed by atoms with Gasteiger partial charge in [-0.1, -0.05) is 30.3 Å². The molecular formula is C27H26F6N2O3. The Morgan fingerprint density at radius 2 is 1.74 bits per heavy atom. The van der Waals surface area contributed by atoms with Gasteiger partial charge in [0, 0.05) is 29.9 Å². The van der Waals surface area contributed by atoms with E-state index in [2.05, 4.69) is 9.72 Å². The highest BCUT2D eigenvalue weighted by Crippen LogP contribution is 2.48. The van der Waals surface area contributed by atoms with Gasteiger partial charge in [0.25, 0.3) is 0 Å². The van der Waals surface area contributed by atoms with E-state index in [9.17, 15) is 31.4 Å². The Hall–Kier alpha value is -3.47. The predicted octanol–water partition coefficient (Wildman–Crippen LogP) is 6.04. The topological polar surface area (TPSA) is 54.8 Å². The molecule has 0 amide bonds. The number of aliphatic hydroxyl groups is 1.